The van der Waals surface area contributed by atoms with Crippen molar-refractivity contribution in [2.75, 3.05) is 41.0 Å². The molecule has 1 fully saturated rings. The van der Waals surface area contributed by atoms with Crippen molar-refractivity contribution in [2.45, 2.75) is 0 Å². The molecule has 1 saturated heterocycles. The molecule has 0 atom stereocenters. The van der Waals surface area contributed by atoms with Crippen molar-refractivity contribution in [3.63, 3.8) is 0 Å². The summed E-state index contributed by atoms with van der Waals surface area (Å²) in [6.45, 7) is 2.55. The summed E-state index contributed by atoms with van der Waals surface area (Å²) in [6.07, 6.45) is 0. The number of methoxy groups -OCH3 is 3. The lowest BCUT2D eigenvalue weighted by molar-refractivity contribution is 0.0938. The molecule has 0 aromatic heterocycles. The zero-order valence-electron chi connectivity index (χ0n) is 12.0. The van der Waals surface area contributed by atoms with Crippen LogP contribution < -0.4 is 24.8 Å². The normalized spacial score (nSPS) is 14.3. The van der Waals surface area contributed by atoms with Crippen molar-refractivity contribution < 1.29 is 19.0 Å². The van der Waals surface area contributed by atoms with Crippen LogP contribution in [0.3, 0.4) is 0 Å². The fourth-order valence-corrected chi connectivity index (χ4v) is 2.03. The lowest BCUT2D eigenvalue weighted by Crippen LogP contribution is -2.48. The first-order chi connectivity index (χ1) is 9.69. The number of ether oxygens (including phenoxy) is 3. The van der Waals surface area contributed by atoms with Gasteiger partial charge < -0.3 is 24.8 Å². The van der Waals surface area contributed by atoms with Crippen LogP contribution in [-0.4, -0.2) is 46.9 Å². The van der Waals surface area contributed by atoms with Gasteiger partial charge in [0.25, 0.3) is 5.91 Å². The van der Waals surface area contributed by atoms with Crippen LogP contribution in [0.25, 0.3) is 0 Å². The second kappa shape index (κ2) is 6.47. The molecule has 0 bridgehead atoms. The monoisotopic (exact) mass is 280 g/mol. The summed E-state index contributed by atoms with van der Waals surface area (Å²) >= 11 is 0. The highest BCUT2D eigenvalue weighted by molar-refractivity contribution is 5.97. The standard InChI is InChI=1S/C14H20N2O4/c1-18-11-5-13(20-3)12(19-2)4-10(11)14(17)16-8-9-6-15-7-9/h4-5,9,15H,6-8H2,1-3H3,(H,16,17). The molecule has 110 valence electrons. The number of hydrogen-bond acceptors (Lipinski definition) is 5. The predicted octanol–water partition coefficient (Wildman–Crippen LogP) is 0.662. The summed E-state index contributed by atoms with van der Waals surface area (Å²) in [4.78, 5) is 12.2. The Morgan fingerprint density at radius 1 is 1.15 bits per heavy atom. The van der Waals surface area contributed by atoms with E-state index in [0.717, 1.165) is 13.1 Å². The Bertz CT molecular complexity index is 486. The highest BCUT2D eigenvalue weighted by atomic mass is 16.5. The van der Waals surface area contributed by atoms with Crippen LogP contribution in [0.1, 0.15) is 10.4 Å². The molecule has 0 radical (unpaired) electrons. The first-order valence-electron chi connectivity index (χ1n) is 6.48. The smallest absolute Gasteiger partial charge is 0.255 e. The van der Waals surface area contributed by atoms with E-state index in [2.05, 4.69) is 10.6 Å². The molecule has 1 aromatic carbocycles. The third-order valence-corrected chi connectivity index (χ3v) is 3.37. The van der Waals surface area contributed by atoms with Crippen LogP contribution in [-0.2, 0) is 0 Å². The second-order valence-corrected chi connectivity index (χ2v) is 4.64. The fourth-order valence-electron chi connectivity index (χ4n) is 2.03. The predicted molar refractivity (Wildman–Crippen MR) is 74.8 cm³/mol. The Balaban J connectivity index is 2.17. The van der Waals surface area contributed by atoms with E-state index < -0.39 is 0 Å². The van der Waals surface area contributed by atoms with Crippen LogP contribution in [0.5, 0.6) is 17.2 Å². The SMILES string of the molecule is COc1cc(OC)c(C(=O)NCC2CNC2)cc1OC. The fraction of sp³-hybridized carbons (Fsp3) is 0.500. The van der Waals surface area contributed by atoms with Gasteiger partial charge in [0.15, 0.2) is 11.5 Å². The van der Waals surface area contributed by atoms with Gasteiger partial charge in [-0.05, 0) is 0 Å². The first-order valence-corrected chi connectivity index (χ1v) is 6.48. The van der Waals surface area contributed by atoms with Crippen molar-refractivity contribution in [3.05, 3.63) is 17.7 Å². The van der Waals surface area contributed by atoms with E-state index in [4.69, 9.17) is 14.2 Å². The molecule has 6 nitrogen and oxygen atoms in total. The van der Waals surface area contributed by atoms with Crippen LogP contribution in [0.15, 0.2) is 12.1 Å². The Labute approximate surface area is 118 Å². The van der Waals surface area contributed by atoms with Crippen LogP contribution in [0.2, 0.25) is 0 Å². The number of amides is 1. The first kappa shape index (κ1) is 14.5. The third kappa shape index (κ3) is 2.96. The topological polar surface area (TPSA) is 68.8 Å². The minimum atomic E-state index is -0.172. The highest BCUT2D eigenvalue weighted by Gasteiger charge is 2.21. The van der Waals surface area contributed by atoms with E-state index in [1.54, 1.807) is 19.2 Å². The van der Waals surface area contributed by atoms with E-state index in [1.165, 1.54) is 14.2 Å². The summed E-state index contributed by atoms with van der Waals surface area (Å²) in [7, 11) is 4.60. The van der Waals surface area contributed by atoms with Gasteiger partial charge in [0.05, 0.1) is 26.9 Å². The van der Waals surface area contributed by atoms with Crippen LogP contribution in [0.4, 0.5) is 0 Å². The lowest BCUT2D eigenvalue weighted by atomic mass is 10.0. The van der Waals surface area contributed by atoms with E-state index in [-0.39, 0.29) is 5.91 Å². The van der Waals surface area contributed by atoms with Crippen molar-refractivity contribution in [1.29, 1.82) is 0 Å². The Hall–Kier alpha value is -1.95. The molecule has 1 aliphatic heterocycles. The molecule has 1 heterocycles. The van der Waals surface area contributed by atoms with Gasteiger partial charge in [-0.1, -0.05) is 0 Å². The number of hydrogen-bond donors (Lipinski definition) is 2. The Morgan fingerprint density at radius 2 is 1.75 bits per heavy atom. The van der Waals surface area contributed by atoms with Gasteiger partial charge in [-0.2, -0.15) is 0 Å². The minimum Gasteiger partial charge on any atom is -0.496 e. The maximum absolute atomic E-state index is 12.2. The minimum absolute atomic E-state index is 0.172. The summed E-state index contributed by atoms with van der Waals surface area (Å²) in [5, 5.41) is 6.08. The zero-order valence-corrected chi connectivity index (χ0v) is 12.0. The molecule has 0 spiro atoms. The van der Waals surface area contributed by atoms with E-state index >= 15 is 0 Å². The Morgan fingerprint density at radius 3 is 2.25 bits per heavy atom. The molecule has 0 aliphatic carbocycles. The zero-order chi connectivity index (χ0) is 14.5. The molecule has 1 amide bonds. The van der Waals surface area contributed by atoms with Crippen molar-refractivity contribution in [3.8, 4) is 17.2 Å². The molecule has 1 aliphatic rings. The number of rotatable bonds is 6. The van der Waals surface area contributed by atoms with E-state index in [1.807, 2.05) is 0 Å². The van der Waals surface area contributed by atoms with E-state index in [0.29, 0.717) is 35.3 Å². The van der Waals surface area contributed by atoms with Crippen molar-refractivity contribution in [1.82, 2.24) is 10.6 Å². The van der Waals surface area contributed by atoms with Crippen molar-refractivity contribution in [2.24, 2.45) is 5.92 Å². The number of nitrogens with one attached hydrogen (secondary N) is 2. The largest absolute Gasteiger partial charge is 0.496 e. The van der Waals surface area contributed by atoms with Gasteiger partial charge in [-0.15, -0.1) is 0 Å². The van der Waals surface area contributed by atoms with Gasteiger partial charge in [0, 0.05) is 37.7 Å². The molecular formula is C14H20N2O4. The summed E-state index contributed by atoms with van der Waals surface area (Å²) in [6, 6.07) is 3.28. The second-order valence-electron chi connectivity index (χ2n) is 4.64. The third-order valence-electron chi connectivity index (χ3n) is 3.37. The van der Waals surface area contributed by atoms with Crippen LogP contribution in [0, 0.1) is 5.92 Å². The summed E-state index contributed by atoms with van der Waals surface area (Å²) in [5.74, 6) is 1.83. The van der Waals surface area contributed by atoms with Gasteiger partial charge in [0.2, 0.25) is 0 Å². The van der Waals surface area contributed by atoms with Crippen LogP contribution >= 0.6 is 0 Å². The summed E-state index contributed by atoms with van der Waals surface area (Å²) < 4.78 is 15.7. The van der Waals surface area contributed by atoms with Gasteiger partial charge in [-0.3, -0.25) is 4.79 Å². The number of carbonyl (C=O) groups excluding carboxylic acids is 1. The van der Waals surface area contributed by atoms with Gasteiger partial charge in [0.1, 0.15) is 5.75 Å². The molecule has 2 rings (SSSR count). The maximum atomic E-state index is 12.2. The van der Waals surface area contributed by atoms with Crippen molar-refractivity contribution >= 4 is 5.91 Å². The molecule has 6 heteroatoms. The average Bonchev–Trinajstić information content (AvgIpc) is 2.43. The Kier molecular flexibility index (Phi) is 4.68. The van der Waals surface area contributed by atoms with Gasteiger partial charge >= 0.3 is 0 Å². The molecule has 1 aromatic rings. The lowest BCUT2D eigenvalue weighted by Gasteiger charge is -2.27. The molecule has 0 unspecified atom stereocenters. The van der Waals surface area contributed by atoms with Gasteiger partial charge in [-0.25, -0.2) is 0 Å². The average molecular weight is 280 g/mol. The molecule has 2 N–H and O–H groups in total. The molecule has 0 saturated carbocycles. The summed E-state index contributed by atoms with van der Waals surface area (Å²) in [5.41, 5.74) is 0.442. The quantitative estimate of drug-likeness (QED) is 0.801. The highest BCUT2D eigenvalue weighted by Crippen LogP contribution is 2.34. The number of benzene rings is 1. The molecular weight excluding hydrogens is 260 g/mol. The molecule has 20 heavy (non-hydrogen) atoms. The van der Waals surface area contributed by atoms with E-state index in [9.17, 15) is 4.79 Å². The number of carbonyl (C=O) groups is 1. The maximum Gasteiger partial charge on any atom is 0.255 e.